The number of hydrogen-bond acceptors (Lipinski definition) is 2. The molecule has 3 rings (SSSR count). The molecule has 0 unspecified atom stereocenters. The van der Waals surface area contributed by atoms with Crippen LogP contribution in [0.15, 0.2) is 36.5 Å². The van der Waals surface area contributed by atoms with Crippen molar-refractivity contribution in [3.05, 3.63) is 42.1 Å². The second-order valence-electron chi connectivity index (χ2n) is 7.78. The Kier molecular flexibility index (Phi) is 5.03. The van der Waals surface area contributed by atoms with Crippen molar-refractivity contribution in [1.82, 2.24) is 4.57 Å². The van der Waals surface area contributed by atoms with E-state index in [0.29, 0.717) is 6.42 Å². The van der Waals surface area contributed by atoms with E-state index in [0.717, 1.165) is 19.4 Å². The average molecular weight is 352 g/mol. The topological polar surface area (TPSA) is 48.1 Å². The molecule has 2 aromatic rings. The van der Waals surface area contributed by atoms with E-state index in [-0.39, 0.29) is 11.8 Å². The number of rotatable bonds is 7. The van der Waals surface area contributed by atoms with Gasteiger partial charge in [0.05, 0.1) is 5.41 Å². The highest BCUT2D eigenvalue weighted by Crippen LogP contribution is 2.41. The predicted molar refractivity (Wildman–Crippen MR) is 103 cm³/mol. The standard InChI is InChI=1S/C22H28N2O2/c1-16-22(2,3)18-15-17(19-9-8-13-23(19)4)11-12-20(18)24(16)14-7-5-6-10-21(25)26/h8-9,11-13,15H,5-7,10,14H2,1-4H3. The van der Waals surface area contributed by atoms with Gasteiger partial charge in [0, 0.05) is 49.9 Å². The van der Waals surface area contributed by atoms with Crippen molar-refractivity contribution < 1.29 is 14.5 Å². The van der Waals surface area contributed by atoms with Crippen molar-refractivity contribution in [1.29, 1.82) is 0 Å². The van der Waals surface area contributed by atoms with Gasteiger partial charge in [0.25, 0.3) is 0 Å². The third-order valence-corrected chi connectivity index (χ3v) is 5.77. The van der Waals surface area contributed by atoms with E-state index in [2.05, 4.69) is 73.5 Å². The summed E-state index contributed by atoms with van der Waals surface area (Å²) >= 11 is 0. The maximum Gasteiger partial charge on any atom is 0.209 e. The molecule has 0 atom stereocenters. The number of carbonyl (C=O) groups excluding carboxylic acids is 1. The molecule has 1 aromatic heterocycles. The molecule has 0 radical (unpaired) electrons. The van der Waals surface area contributed by atoms with E-state index < -0.39 is 5.97 Å². The zero-order valence-corrected chi connectivity index (χ0v) is 16.2. The molecular formula is C22H28N2O2. The fourth-order valence-electron chi connectivity index (χ4n) is 3.91. The summed E-state index contributed by atoms with van der Waals surface area (Å²) in [6.45, 7) is 7.71. The van der Waals surface area contributed by atoms with E-state index in [1.54, 1.807) is 0 Å². The van der Waals surface area contributed by atoms with Gasteiger partial charge in [-0.15, -0.1) is 0 Å². The summed E-state index contributed by atoms with van der Waals surface area (Å²) in [5, 5.41) is 10.5. The maximum absolute atomic E-state index is 10.5. The highest BCUT2D eigenvalue weighted by Gasteiger charge is 2.42. The molecule has 1 aliphatic rings. The minimum Gasteiger partial charge on any atom is -0.550 e. The molecule has 0 amide bonds. The molecule has 0 saturated carbocycles. The number of unbranched alkanes of at least 4 members (excludes halogenated alkanes) is 2. The first kappa shape index (κ1) is 18.4. The molecular weight excluding hydrogens is 324 g/mol. The number of carboxylic acids is 1. The van der Waals surface area contributed by atoms with Gasteiger partial charge in [-0.2, -0.15) is 4.58 Å². The Morgan fingerprint density at radius 1 is 1.19 bits per heavy atom. The number of aromatic nitrogens is 1. The Labute approximate surface area is 155 Å². The number of aryl methyl sites for hydroxylation is 1. The van der Waals surface area contributed by atoms with Gasteiger partial charge < -0.3 is 14.5 Å². The number of nitrogens with zero attached hydrogens (tertiary/aromatic N) is 2. The molecule has 4 heteroatoms. The average Bonchev–Trinajstić information content (AvgIpc) is 3.09. The third-order valence-electron chi connectivity index (χ3n) is 5.77. The first-order chi connectivity index (χ1) is 12.3. The van der Waals surface area contributed by atoms with Gasteiger partial charge >= 0.3 is 0 Å². The minimum absolute atomic E-state index is 0.00148. The Morgan fingerprint density at radius 3 is 2.62 bits per heavy atom. The monoisotopic (exact) mass is 352 g/mol. The summed E-state index contributed by atoms with van der Waals surface area (Å²) in [5.41, 5.74) is 6.47. The minimum atomic E-state index is -0.950. The maximum atomic E-state index is 10.5. The van der Waals surface area contributed by atoms with E-state index >= 15 is 0 Å². The number of hydrogen-bond donors (Lipinski definition) is 0. The Bertz CT molecular complexity index is 859. The van der Waals surface area contributed by atoms with Crippen molar-refractivity contribution in [3.8, 4) is 11.3 Å². The second kappa shape index (κ2) is 7.10. The summed E-state index contributed by atoms with van der Waals surface area (Å²) in [6, 6.07) is 11.0. The summed E-state index contributed by atoms with van der Waals surface area (Å²) in [6.07, 6.45) is 4.82. The lowest BCUT2D eigenvalue weighted by Gasteiger charge is -2.16. The van der Waals surface area contributed by atoms with Crippen molar-refractivity contribution in [2.45, 2.75) is 51.9 Å². The van der Waals surface area contributed by atoms with Crippen LogP contribution in [0.1, 0.15) is 52.0 Å². The van der Waals surface area contributed by atoms with E-state index in [1.807, 2.05) is 0 Å². The molecule has 0 saturated heterocycles. The first-order valence-electron chi connectivity index (χ1n) is 9.40. The van der Waals surface area contributed by atoms with Gasteiger partial charge in [0.2, 0.25) is 5.69 Å². The largest absolute Gasteiger partial charge is 0.550 e. The predicted octanol–water partition coefficient (Wildman–Crippen LogP) is 3.40. The van der Waals surface area contributed by atoms with E-state index in [9.17, 15) is 9.90 Å². The lowest BCUT2D eigenvalue weighted by Crippen LogP contribution is -2.26. The summed E-state index contributed by atoms with van der Waals surface area (Å²) < 4.78 is 4.55. The van der Waals surface area contributed by atoms with Crippen molar-refractivity contribution >= 4 is 17.4 Å². The van der Waals surface area contributed by atoms with Gasteiger partial charge in [-0.1, -0.05) is 0 Å². The van der Waals surface area contributed by atoms with Crippen LogP contribution in [0.3, 0.4) is 0 Å². The molecule has 4 nitrogen and oxygen atoms in total. The number of fused-ring (bicyclic) bond motifs is 1. The zero-order valence-electron chi connectivity index (χ0n) is 16.2. The van der Waals surface area contributed by atoms with E-state index in [4.69, 9.17) is 0 Å². The quantitative estimate of drug-likeness (QED) is 0.566. The molecule has 138 valence electrons. The summed E-state index contributed by atoms with van der Waals surface area (Å²) in [4.78, 5) is 10.5. The molecule has 0 aliphatic carbocycles. The van der Waals surface area contributed by atoms with Crippen molar-refractivity contribution in [3.63, 3.8) is 0 Å². The van der Waals surface area contributed by atoms with Crippen LogP contribution in [0.4, 0.5) is 5.69 Å². The first-order valence-corrected chi connectivity index (χ1v) is 9.40. The summed E-state index contributed by atoms with van der Waals surface area (Å²) in [5.74, 6) is -0.950. The molecule has 0 N–H and O–H groups in total. The third kappa shape index (κ3) is 3.33. The Hall–Kier alpha value is -2.36. The van der Waals surface area contributed by atoms with E-state index in [1.165, 1.54) is 28.2 Å². The van der Waals surface area contributed by atoms with Crippen LogP contribution in [-0.4, -0.2) is 27.4 Å². The number of carboxylic acid groups (broad SMARTS) is 1. The van der Waals surface area contributed by atoms with Gasteiger partial charge in [0.15, 0.2) is 5.71 Å². The molecule has 2 heterocycles. The molecule has 1 aliphatic heterocycles. The van der Waals surface area contributed by atoms with Gasteiger partial charge in [-0.25, -0.2) is 0 Å². The number of carbonyl (C=O) groups is 1. The van der Waals surface area contributed by atoms with Crippen molar-refractivity contribution in [2.75, 3.05) is 6.54 Å². The van der Waals surface area contributed by atoms with Crippen LogP contribution in [0.2, 0.25) is 0 Å². The lowest BCUT2D eigenvalue weighted by molar-refractivity contribution is -0.439. The smallest absolute Gasteiger partial charge is 0.209 e. The second-order valence-corrected chi connectivity index (χ2v) is 7.78. The number of benzene rings is 1. The van der Waals surface area contributed by atoms with Gasteiger partial charge in [0.1, 0.15) is 6.54 Å². The molecule has 1 aromatic carbocycles. The number of aliphatic carboxylic acids is 1. The van der Waals surface area contributed by atoms with Gasteiger partial charge in [-0.05, 0) is 62.9 Å². The van der Waals surface area contributed by atoms with Gasteiger partial charge in [-0.3, -0.25) is 0 Å². The molecule has 0 spiro atoms. The van der Waals surface area contributed by atoms with Crippen LogP contribution in [-0.2, 0) is 17.3 Å². The SMILES string of the molecule is CC1=[N+](CCCCCC(=O)[O-])c2ccc(-c3cccn3C)cc2C1(C)C. The Balaban J connectivity index is 1.82. The summed E-state index contributed by atoms with van der Waals surface area (Å²) in [7, 11) is 2.07. The normalized spacial score (nSPS) is 15.4. The van der Waals surface area contributed by atoms with Crippen molar-refractivity contribution in [2.24, 2.45) is 7.05 Å². The molecule has 26 heavy (non-hydrogen) atoms. The fourth-order valence-corrected chi connectivity index (χ4v) is 3.91. The highest BCUT2D eigenvalue weighted by atomic mass is 16.4. The van der Waals surface area contributed by atoms with Crippen LogP contribution in [0.25, 0.3) is 11.3 Å². The lowest BCUT2D eigenvalue weighted by atomic mass is 9.81. The zero-order chi connectivity index (χ0) is 18.9. The highest BCUT2D eigenvalue weighted by molar-refractivity contribution is 5.94. The Morgan fingerprint density at radius 2 is 1.96 bits per heavy atom. The van der Waals surface area contributed by atoms with Crippen LogP contribution < -0.4 is 5.11 Å². The molecule has 0 fully saturated rings. The van der Waals surface area contributed by atoms with Crippen LogP contribution >= 0.6 is 0 Å². The van der Waals surface area contributed by atoms with Crippen LogP contribution in [0.5, 0.6) is 0 Å². The fraction of sp³-hybridized carbons (Fsp3) is 0.455. The van der Waals surface area contributed by atoms with Crippen LogP contribution in [0, 0.1) is 0 Å². The molecule has 0 bridgehead atoms.